The fraction of sp³-hybridized carbons (Fsp3) is 0.421. The Morgan fingerprint density at radius 3 is 2.68 bits per heavy atom. The van der Waals surface area contributed by atoms with Crippen LogP contribution in [0.25, 0.3) is 11.3 Å². The molecule has 6 nitrogen and oxygen atoms in total. The Hall–Kier alpha value is -2.63. The Kier molecular flexibility index (Phi) is 5.48. The highest BCUT2D eigenvalue weighted by Gasteiger charge is 2.18. The van der Waals surface area contributed by atoms with Gasteiger partial charge in [0.05, 0.1) is 5.69 Å². The van der Waals surface area contributed by atoms with Gasteiger partial charge in [0.15, 0.2) is 0 Å². The molecule has 1 fully saturated rings. The van der Waals surface area contributed by atoms with Gasteiger partial charge in [-0.3, -0.25) is 4.79 Å². The highest BCUT2D eigenvalue weighted by molar-refractivity contribution is 5.78. The summed E-state index contributed by atoms with van der Waals surface area (Å²) in [6.07, 6.45) is 4.36. The number of nitrogens with zero attached hydrogens (tertiary/aromatic N) is 4. The van der Waals surface area contributed by atoms with E-state index >= 15 is 0 Å². The molecule has 2 heterocycles. The average molecular weight is 339 g/mol. The van der Waals surface area contributed by atoms with Gasteiger partial charge < -0.3 is 15.1 Å². The highest BCUT2D eigenvalue weighted by Crippen LogP contribution is 2.21. The molecule has 0 bridgehead atoms. The van der Waals surface area contributed by atoms with Crippen molar-refractivity contribution in [3.63, 3.8) is 0 Å². The first-order valence-corrected chi connectivity index (χ1v) is 8.76. The van der Waals surface area contributed by atoms with Crippen LogP contribution in [0.15, 0.2) is 36.5 Å². The summed E-state index contributed by atoms with van der Waals surface area (Å²) >= 11 is 0. The summed E-state index contributed by atoms with van der Waals surface area (Å²) in [5.74, 6) is 0.904. The molecule has 1 aliphatic rings. The van der Waals surface area contributed by atoms with Crippen LogP contribution >= 0.6 is 0 Å². The fourth-order valence-corrected chi connectivity index (χ4v) is 2.95. The SMILES string of the molecule is CN(C)c1ccc(-c2ccnc(NCCCN3CCCC3=O)n2)cc1. The van der Waals surface area contributed by atoms with Crippen molar-refractivity contribution in [1.29, 1.82) is 0 Å². The van der Waals surface area contributed by atoms with Gasteiger partial charge in [0.1, 0.15) is 0 Å². The van der Waals surface area contributed by atoms with E-state index in [1.54, 1.807) is 6.20 Å². The first-order chi connectivity index (χ1) is 12.1. The number of aromatic nitrogens is 2. The molecule has 1 aliphatic heterocycles. The van der Waals surface area contributed by atoms with E-state index in [-0.39, 0.29) is 5.91 Å². The minimum absolute atomic E-state index is 0.277. The van der Waals surface area contributed by atoms with E-state index in [2.05, 4.69) is 44.5 Å². The van der Waals surface area contributed by atoms with Gasteiger partial charge in [-0.2, -0.15) is 0 Å². The van der Waals surface area contributed by atoms with Crippen molar-refractivity contribution in [2.24, 2.45) is 0 Å². The lowest BCUT2D eigenvalue weighted by Crippen LogP contribution is -2.27. The van der Waals surface area contributed by atoms with E-state index in [0.29, 0.717) is 12.4 Å². The number of anilines is 2. The van der Waals surface area contributed by atoms with Crippen LogP contribution < -0.4 is 10.2 Å². The van der Waals surface area contributed by atoms with E-state index in [1.165, 1.54) is 0 Å². The van der Waals surface area contributed by atoms with Crippen molar-refractivity contribution in [1.82, 2.24) is 14.9 Å². The van der Waals surface area contributed by atoms with Crippen LogP contribution in [0.2, 0.25) is 0 Å². The molecular weight excluding hydrogens is 314 g/mol. The third-order valence-electron chi connectivity index (χ3n) is 4.39. The van der Waals surface area contributed by atoms with Crippen molar-refractivity contribution < 1.29 is 4.79 Å². The fourth-order valence-electron chi connectivity index (χ4n) is 2.95. The number of amides is 1. The molecule has 0 unspecified atom stereocenters. The van der Waals surface area contributed by atoms with Crippen LogP contribution in [-0.4, -0.2) is 54.5 Å². The van der Waals surface area contributed by atoms with Crippen molar-refractivity contribution in [3.05, 3.63) is 36.5 Å². The number of carbonyl (C=O) groups excluding carboxylic acids is 1. The van der Waals surface area contributed by atoms with Crippen LogP contribution in [0.3, 0.4) is 0 Å². The molecule has 1 amide bonds. The molecule has 6 heteroatoms. The molecule has 1 aromatic heterocycles. The van der Waals surface area contributed by atoms with Gasteiger partial charge >= 0.3 is 0 Å². The van der Waals surface area contributed by atoms with Gasteiger partial charge in [-0.25, -0.2) is 9.97 Å². The maximum atomic E-state index is 11.6. The van der Waals surface area contributed by atoms with E-state index in [9.17, 15) is 4.79 Å². The van der Waals surface area contributed by atoms with Crippen LogP contribution in [0.4, 0.5) is 11.6 Å². The Morgan fingerprint density at radius 2 is 2.00 bits per heavy atom. The molecule has 0 aliphatic carbocycles. The topological polar surface area (TPSA) is 61.4 Å². The predicted molar refractivity (Wildman–Crippen MR) is 101 cm³/mol. The molecule has 1 saturated heterocycles. The van der Waals surface area contributed by atoms with Gasteiger partial charge in [-0.1, -0.05) is 12.1 Å². The molecule has 2 aromatic rings. The zero-order valence-corrected chi connectivity index (χ0v) is 14.9. The van der Waals surface area contributed by atoms with E-state index in [1.807, 2.05) is 25.1 Å². The maximum absolute atomic E-state index is 11.6. The number of carbonyl (C=O) groups is 1. The number of benzene rings is 1. The molecule has 25 heavy (non-hydrogen) atoms. The number of nitrogens with one attached hydrogen (secondary N) is 1. The smallest absolute Gasteiger partial charge is 0.223 e. The largest absolute Gasteiger partial charge is 0.378 e. The van der Waals surface area contributed by atoms with Crippen LogP contribution in [-0.2, 0) is 4.79 Å². The van der Waals surface area contributed by atoms with Crippen molar-refractivity contribution >= 4 is 17.5 Å². The summed E-state index contributed by atoms with van der Waals surface area (Å²) in [7, 11) is 4.05. The van der Waals surface area contributed by atoms with Gasteiger partial charge in [-0.15, -0.1) is 0 Å². The second kappa shape index (κ2) is 7.96. The van der Waals surface area contributed by atoms with Gasteiger partial charge in [0.25, 0.3) is 0 Å². The highest BCUT2D eigenvalue weighted by atomic mass is 16.2. The lowest BCUT2D eigenvalue weighted by Gasteiger charge is -2.15. The van der Waals surface area contributed by atoms with E-state index in [4.69, 9.17) is 0 Å². The Bertz CT molecular complexity index is 714. The van der Waals surface area contributed by atoms with Crippen LogP contribution in [0, 0.1) is 0 Å². The molecule has 0 saturated carbocycles. The van der Waals surface area contributed by atoms with Crippen molar-refractivity contribution in [2.75, 3.05) is 43.9 Å². The number of hydrogen-bond donors (Lipinski definition) is 1. The predicted octanol–water partition coefficient (Wildman–Crippen LogP) is 2.63. The number of rotatable bonds is 7. The molecule has 0 radical (unpaired) electrons. The van der Waals surface area contributed by atoms with Crippen LogP contribution in [0.1, 0.15) is 19.3 Å². The van der Waals surface area contributed by atoms with E-state index < -0.39 is 0 Å². The Balaban J connectivity index is 1.55. The zero-order valence-electron chi connectivity index (χ0n) is 14.9. The van der Waals surface area contributed by atoms with Crippen molar-refractivity contribution in [3.8, 4) is 11.3 Å². The Morgan fingerprint density at radius 1 is 1.20 bits per heavy atom. The molecule has 1 aromatic carbocycles. The molecule has 132 valence electrons. The third kappa shape index (κ3) is 4.47. The molecule has 0 atom stereocenters. The summed E-state index contributed by atoms with van der Waals surface area (Å²) in [6.45, 7) is 2.46. The summed E-state index contributed by atoms with van der Waals surface area (Å²) in [5.41, 5.74) is 3.13. The minimum atomic E-state index is 0.277. The number of likely N-dealkylation sites (tertiary alicyclic amines) is 1. The average Bonchev–Trinajstić information content (AvgIpc) is 3.04. The molecular formula is C19H25N5O. The maximum Gasteiger partial charge on any atom is 0.223 e. The standard InChI is InChI=1S/C19H25N5O/c1-23(2)16-8-6-15(7-9-16)17-10-12-21-19(22-17)20-11-4-14-24-13-3-5-18(24)25/h6-10,12H,3-5,11,13-14H2,1-2H3,(H,20,21,22). The first kappa shape index (κ1) is 17.2. The second-order valence-corrected chi connectivity index (χ2v) is 6.47. The van der Waals surface area contributed by atoms with Crippen LogP contribution in [0.5, 0.6) is 0 Å². The van der Waals surface area contributed by atoms with Gasteiger partial charge in [0, 0.05) is 57.6 Å². The summed E-state index contributed by atoms with van der Waals surface area (Å²) in [4.78, 5) is 24.5. The third-order valence-corrected chi connectivity index (χ3v) is 4.39. The van der Waals surface area contributed by atoms with E-state index in [0.717, 1.165) is 49.4 Å². The summed E-state index contributed by atoms with van der Waals surface area (Å²) in [5, 5.41) is 3.25. The zero-order chi connectivity index (χ0) is 17.6. The van der Waals surface area contributed by atoms with Crippen molar-refractivity contribution in [2.45, 2.75) is 19.3 Å². The summed E-state index contributed by atoms with van der Waals surface area (Å²) in [6, 6.07) is 10.2. The van der Waals surface area contributed by atoms with Gasteiger partial charge in [0.2, 0.25) is 11.9 Å². The lowest BCUT2D eigenvalue weighted by molar-refractivity contribution is -0.127. The quantitative estimate of drug-likeness (QED) is 0.786. The Labute approximate surface area is 148 Å². The molecule has 3 rings (SSSR count). The molecule has 1 N–H and O–H groups in total. The first-order valence-electron chi connectivity index (χ1n) is 8.76. The second-order valence-electron chi connectivity index (χ2n) is 6.47. The normalized spacial score (nSPS) is 14.0. The monoisotopic (exact) mass is 339 g/mol. The lowest BCUT2D eigenvalue weighted by atomic mass is 10.1. The molecule has 0 spiro atoms. The number of hydrogen-bond acceptors (Lipinski definition) is 5. The minimum Gasteiger partial charge on any atom is -0.378 e. The van der Waals surface area contributed by atoms with Gasteiger partial charge in [-0.05, 0) is 31.0 Å². The summed E-state index contributed by atoms with van der Waals surface area (Å²) < 4.78 is 0.